The quantitative estimate of drug-likeness (QED) is 0.572. The third kappa shape index (κ3) is 3.80. The van der Waals surface area contributed by atoms with Gasteiger partial charge in [-0.15, -0.1) is 10.2 Å². The van der Waals surface area contributed by atoms with Crippen LogP contribution in [0.25, 0.3) is 16.8 Å². The summed E-state index contributed by atoms with van der Waals surface area (Å²) < 4.78 is 1.99. The van der Waals surface area contributed by atoms with Gasteiger partial charge in [0.2, 0.25) is 0 Å². The third-order valence-corrected chi connectivity index (χ3v) is 4.42. The van der Waals surface area contributed by atoms with Crippen molar-refractivity contribution in [2.24, 2.45) is 0 Å². The number of benzene rings is 1. The van der Waals surface area contributed by atoms with Gasteiger partial charge in [-0.05, 0) is 49.0 Å². The van der Waals surface area contributed by atoms with E-state index in [1.54, 1.807) is 12.5 Å². The fourth-order valence-electron chi connectivity index (χ4n) is 3.13. The molecule has 1 aromatic carbocycles. The molecule has 0 aliphatic carbocycles. The van der Waals surface area contributed by atoms with Crippen molar-refractivity contribution < 1.29 is 0 Å². The van der Waals surface area contributed by atoms with Crippen LogP contribution >= 0.6 is 0 Å². The molecule has 27 heavy (non-hydrogen) atoms. The monoisotopic (exact) mass is 358 g/mol. The van der Waals surface area contributed by atoms with Crippen LogP contribution < -0.4 is 5.32 Å². The fourth-order valence-corrected chi connectivity index (χ4v) is 3.13. The second kappa shape index (κ2) is 7.55. The van der Waals surface area contributed by atoms with E-state index in [2.05, 4.69) is 75.9 Å². The summed E-state index contributed by atoms with van der Waals surface area (Å²) in [5, 5.41) is 11.9. The van der Waals surface area contributed by atoms with E-state index in [4.69, 9.17) is 0 Å². The minimum absolute atomic E-state index is 0.694. The van der Waals surface area contributed by atoms with E-state index in [1.165, 1.54) is 5.56 Å². The molecule has 6 heteroatoms. The molecule has 4 rings (SSSR count). The Morgan fingerprint density at radius 1 is 1.00 bits per heavy atom. The average molecular weight is 358 g/mol. The zero-order chi connectivity index (χ0) is 18.6. The summed E-state index contributed by atoms with van der Waals surface area (Å²) in [5.41, 5.74) is 5.45. The Hall–Kier alpha value is -3.25. The van der Waals surface area contributed by atoms with Gasteiger partial charge in [0.25, 0.3) is 0 Å². The number of nitrogens with zero attached hydrogens (tertiary/aromatic N) is 5. The normalized spacial score (nSPS) is 11.2. The molecule has 4 aromatic rings. The highest BCUT2D eigenvalue weighted by Gasteiger charge is 2.10. The SMILES string of the molecule is CN(C)Cc1ccc(-c2ccc(NCc3cccnc3)n3cnnc23)cc1. The molecule has 0 unspecified atom stereocenters. The Kier molecular flexibility index (Phi) is 4.80. The van der Waals surface area contributed by atoms with Crippen LogP contribution in [-0.2, 0) is 13.1 Å². The summed E-state index contributed by atoms with van der Waals surface area (Å²) >= 11 is 0. The smallest absolute Gasteiger partial charge is 0.170 e. The third-order valence-electron chi connectivity index (χ3n) is 4.42. The number of anilines is 1. The fraction of sp³-hybridized carbons (Fsp3) is 0.190. The maximum atomic E-state index is 4.33. The van der Waals surface area contributed by atoms with Crippen molar-refractivity contribution in [2.45, 2.75) is 13.1 Å². The molecule has 3 heterocycles. The Balaban J connectivity index is 1.61. The van der Waals surface area contributed by atoms with Gasteiger partial charge in [-0.25, -0.2) is 0 Å². The van der Waals surface area contributed by atoms with E-state index < -0.39 is 0 Å². The summed E-state index contributed by atoms with van der Waals surface area (Å²) in [5.74, 6) is 0.951. The molecular formula is C21H22N6. The number of hydrogen-bond acceptors (Lipinski definition) is 5. The van der Waals surface area contributed by atoms with Crippen molar-refractivity contribution in [2.75, 3.05) is 19.4 Å². The highest BCUT2D eigenvalue weighted by atomic mass is 15.3. The van der Waals surface area contributed by atoms with Crippen LogP contribution in [0.15, 0.2) is 67.3 Å². The molecule has 1 N–H and O–H groups in total. The Morgan fingerprint density at radius 2 is 1.85 bits per heavy atom. The van der Waals surface area contributed by atoms with Gasteiger partial charge in [0.05, 0.1) is 0 Å². The first-order valence-electron chi connectivity index (χ1n) is 8.90. The van der Waals surface area contributed by atoms with E-state index in [1.807, 2.05) is 22.7 Å². The van der Waals surface area contributed by atoms with Crippen LogP contribution in [0.2, 0.25) is 0 Å². The van der Waals surface area contributed by atoms with Crippen molar-refractivity contribution in [3.05, 3.63) is 78.4 Å². The number of rotatable bonds is 6. The Bertz CT molecular complexity index is 1020. The molecule has 0 radical (unpaired) electrons. The van der Waals surface area contributed by atoms with Gasteiger partial charge in [0.15, 0.2) is 5.65 Å². The van der Waals surface area contributed by atoms with E-state index in [-0.39, 0.29) is 0 Å². The van der Waals surface area contributed by atoms with E-state index in [0.29, 0.717) is 6.54 Å². The number of nitrogens with one attached hydrogen (secondary N) is 1. The molecule has 6 nitrogen and oxygen atoms in total. The zero-order valence-electron chi connectivity index (χ0n) is 15.5. The van der Waals surface area contributed by atoms with Gasteiger partial charge in [-0.3, -0.25) is 9.38 Å². The zero-order valence-corrected chi connectivity index (χ0v) is 15.5. The van der Waals surface area contributed by atoms with Crippen LogP contribution in [-0.4, -0.2) is 38.6 Å². The van der Waals surface area contributed by atoms with Gasteiger partial charge in [-0.2, -0.15) is 0 Å². The summed E-state index contributed by atoms with van der Waals surface area (Å²) in [6, 6.07) is 16.8. The average Bonchev–Trinajstić information content (AvgIpc) is 3.17. The molecule has 136 valence electrons. The first kappa shape index (κ1) is 17.2. The van der Waals surface area contributed by atoms with Crippen molar-refractivity contribution >= 4 is 11.5 Å². The van der Waals surface area contributed by atoms with Crippen molar-refractivity contribution in [3.63, 3.8) is 0 Å². The minimum atomic E-state index is 0.694. The summed E-state index contributed by atoms with van der Waals surface area (Å²) in [4.78, 5) is 6.31. The van der Waals surface area contributed by atoms with Crippen LogP contribution in [0.4, 0.5) is 5.82 Å². The molecular weight excluding hydrogens is 336 g/mol. The van der Waals surface area contributed by atoms with Crippen LogP contribution in [0.1, 0.15) is 11.1 Å². The molecule has 0 spiro atoms. The molecule has 0 atom stereocenters. The van der Waals surface area contributed by atoms with E-state index >= 15 is 0 Å². The van der Waals surface area contributed by atoms with Crippen LogP contribution in [0.3, 0.4) is 0 Å². The lowest BCUT2D eigenvalue weighted by atomic mass is 10.0. The van der Waals surface area contributed by atoms with Crippen LogP contribution in [0, 0.1) is 0 Å². The molecule has 0 amide bonds. The van der Waals surface area contributed by atoms with Gasteiger partial charge in [0, 0.05) is 31.0 Å². The lowest BCUT2D eigenvalue weighted by molar-refractivity contribution is 0.402. The lowest BCUT2D eigenvalue weighted by Gasteiger charge is -2.12. The summed E-state index contributed by atoms with van der Waals surface area (Å²) in [7, 11) is 4.15. The molecule has 0 saturated carbocycles. The second-order valence-electron chi connectivity index (χ2n) is 6.81. The van der Waals surface area contributed by atoms with Gasteiger partial charge in [0.1, 0.15) is 12.1 Å². The van der Waals surface area contributed by atoms with Crippen molar-refractivity contribution in [3.8, 4) is 11.1 Å². The van der Waals surface area contributed by atoms with Crippen molar-refractivity contribution in [1.82, 2.24) is 24.5 Å². The van der Waals surface area contributed by atoms with Crippen molar-refractivity contribution in [1.29, 1.82) is 0 Å². The molecule has 0 aliphatic rings. The lowest BCUT2D eigenvalue weighted by Crippen LogP contribution is -2.10. The second-order valence-corrected chi connectivity index (χ2v) is 6.81. The first-order chi connectivity index (χ1) is 13.2. The largest absolute Gasteiger partial charge is 0.367 e. The van der Waals surface area contributed by atoms with E-state index in [9.17, 15) is 0 Å². The molecule has 0 fully saturated rings. The number of fused-ring (bicyclic) bond motifs is 1. The predicted molar refractivity (Wildman–Crippen MR) is 107 cm³/mol. The topological polar surface area (TPSA) is 58.4 Å². The van der Waals surface area contributed by atoms with Gasteiger partial charge in [-0.1, -0.05) is 30.3 Å². The molecule has 0 bridgehead atoms. The highest BCUT2D eigenvalue weighted by molar-refractivity contribution is 5.79. The number of pyridine rings is 2. The predicted octanol–water partition coefficient (Wildman–Crippen LogP) is 3.47. The molecule has 0 aliphatic heterocycles. The first-order valence-corrected chi connectivity index (χ1v) is 8.90. The summed E-state index contributed by atoms with van der Waals surface area (Å²) in [6.45, 7) is 1.62. The Labute approximate surface area is 158 Å². The minimum Gasteiger partial charge on any atom is -0.367 e. The summed E-state index contributed by atoms with van der Waals surface area (Å²) in [6.07, 6.45) is 5.38. The van der Waals surface area contributed by atoms with Gasteiger partial charge < -0.3 is 10.2 Å². The maximum Gasteiger partial charge on any atom is 0.170 e. The number of hydrogen-bond donors (Lipinski definition) is 1. The highest BCUT2D eigenvalue weighted by Crippen LogP contribution is 2.26. The Morgan fingerprint density at radius 3 is 2.59 bits per heavy atom. The number of aromatic nitrogens is 4. The van der Waals surface area contributed by atoms with Gasteiger partial charge >= 0.3 is 0 Å². The standard InChI is InChI=1S/C21H22N6/c1-26(2)14-16-5-7-18(8-6-16)19-9-10-20(27-15-24-25-21(19)27)23-13-17-4-3-11-22-12-17/h3-12,15,23H,13-14H2,1-2H3. The maximum absolute atomic E-state index is 4.33. The van der Waals surface area contributed by atoms with Crippen LogP contribution in [0.5, 0.6) is 0 Å². The molecule has 3 aromatic heterocycles. The molecule has 0 saturated heterocycles. The van der Waals surface area contributed by atoms with E-state index in [0.717, 1.165) is 34.7 Å².